The number of nitrogens with two attached hydrogens (primary N) is 1. The standard InChI is InChI=1S/C11H11ClF3N/c12-10-2-1-6(8-3-7(8)5-16)4-9(10)11(13,14)15/h1-2,4,7-8H,3,5,16H2/t7-,8-/m1/s1. The van der Waals surface area contributed by atoms with Gasteiger partial charge in [0.2, 0.25) is 0 Å². The SMILES string of the molecule is NC[C@H]1C[C@@H]1c1ccc(Cl)c(C(F)(F)F)c1. The van der Waals surface area contributed by atoms with E-state index in [0.29, 0.717) is 18.0 Å². The molecule has 0 saturated heterocycles. The summed E-state index contributed by atoms with van der Waals surface area (Å²) in [6, 6.07) is 4.10. The molecule has 2 N–H and O–H groups in total. The van der Waals surface area contributed by atoms with Gasteiger partial charge in [-0.05, 0) is 42.5 Å². The molecule has 1 fully saturated rings. The second-order valence-corrected chi connectivity index (χ2v) is 4.48. The average Bonchev–Trinajstić information content (AvgIpc) is 2.96. The van der Waals surface area contributed by atoms with Crippen molar-refractivity contribution in [3.63, 3.8) is 0 Å². The van der Waals surface area contributed by atoms with E-state index in [1.54, 1.807) is 6.07 Å². The zero-order chi connectivity index (χ0) is 11.9. The Labute approximate surface area is 96.4 Å². The molecule has 88 valence electrons. The smallest absolute Gasteiger partial charge is 0.330 e. The van der Waals surface area contributed by atoms with E-state index >= 15 is 0 Å². The van der Waals surface area contributed by atoms with Gasteiger partial charge in [-0.25, -0.2) is 0 Å². The Hall–Kier alpha value is -0.740. The lowest BCUT2D eigenvalue weighted by molar-refractivity contribution is -0.137. The lowest BCUT2D eigenvalue weighted by Gasteiger charge is -2.10. The van der Waals surface area contributed by atoms with E-state index < -0.39 is 11.7 Å². The molecule has 1 saturated carbocycles. The summed E-state index contributed by atoms with van der Waals surface area (Å²) in [7, 11) is 0. The fourth-order valence-corrected chi connectivity index (χ4v) is 2.13. The molecular weight excluding hydrogens is 239 g/mol. The molecule has 0 aliphatic heterocycles. The van der Waals surface area contributed by atoms with Gasteiger partial charge in [0.05, 0.1) is 10.6 Å². The number of hydrogen-bond acceptors (Lipinski definition) is 1. The summed E-state index contributed by atoms with van der Waals surface area (Å²) in [5.41, 5.74) is 5.40. The average molecular weight is 250 g/mol. The van der Waals surface area contributed by atoms with E-state index in [2.05, 4.69) is 0 Å². The summed E-state index contributed by atoms with van der Waals surface area (Å²) in [6.45, 7) is 0.522. The molecule has 2 atom stereocenters. The third-order valence-corrected chi connectivity index (χ3v) is 3.28. The van der Waals surface area contributed by atoms with Crippen LogP contribution in [0.5, 0.6) is 0 Å². The summed E-state index contributed by atoms with van der Waals surface area (Å²) >= 11 is 5.53. The Morgan fingerprint density at radius 1 is 1.38 bits per heavy atom. The lowest BCUT2D eigenvalue weighted by Crippen LogP contribution is -2.07. The van der Waals surface area contributed by atoms with Crippen LogP contribution in [0.2, 0.25) is 5.02 Å². The molecule has 1 nitrogen and oxygen atoms in total. The van der Waals surface area contributed by atoms with Crippen molar-refractivity contribution >= 4 is 11.6 Å². The molecular formula is C11H11ClF3N. The number of alkyl halides is 3. The Morgan fingerprint density at radius 2 is 2.06 bits per heavy atom. The maximum absolute atomic E-state index is 12.6. The molecule has 0 bridgehead atoms. The molecule has 1 aliphatic rings. The van der Waals surface area contributed by atoms with Crippen LogP contribution in [0.1, 0.15) is 23.5 Å². The molecule has 5 heteroatoms. The van der Waals surface area contributed by atoms with Crippen molar-refractivity contribution in [2.75, 3.05) is 6.54 Å². The van der Waals surface area contributed by atoms with Gasteiger partial charge in [-0.3, -0.25) is 0 Å². The minimum Gasteiger partial charge on any atom is -0.330 e. The van der Waals surface area contributed by atoms with E-state index in [0.717, 1.165) is 12.5 Å². The third-order valence-electron chi connectivity index (χ3n) is 2.95. The fourth-order valence-electron chi connectivity index (χ4n) is 1.91. The van der Waals surface area contributed by atoms with Crippen LogP contribution in [-0.2, 0) is 6.18 Å². The Morgan fingerprint density at radius 3 is 2.56 bits per heavy atom. The van der Waals surface area contributed by atoms with Crippen molar-refractivity contribution in [3.8, 4) is 0 Å². The normalized spacial score (nSPS) is 24.6. The van der Waals surface area contributed by atoms with Crippen molar-refractivity contribution in [3.05, 3.63) is 34.3 Å². The van der Waals surface area contributed by atoms with E-state index in [1.165, 1.54) is 6.07 Å². The Bertz CT molecular complexity index is 403. The summed E-state index contributed by atoms with van der Waals surface area (Å²) in [5, 5.41) is -0.249. The van der Waals surface area contributed by atoms with Gasteiger partial charge in [0, 0.05) is 0 Å². The zero-order valence-electron chi connectivity index (χ0n) is 8.39. The van der Waals surface area contributed by atoms with Gasteiger partial charge in [-0.15, -0.1) is 0 Å². The van der Waals surface area contributed by atoms with E-state index in [-0.39, 0.29) is 10.9 Å². The predicted octanol–water partition coefficient (Wildman–Crippen LogP) is 3.42. The number of benzene rings is 1. The van der Waals surface area contributed by atoms with Gasteiger partial charge < -0.3 is 5.73 Å². The van der Waals surface area contributed by atoms with Gasteiger partial charge in [0.1, 0.15) is 0 Å². The highest BCUT2D eigenvalue weighted by molar-refractivity contribution is 6.31. The van der Waals surface area contributed by atoms with Crippen LogP contribution in [0.15, 0.2) is 18.2 Å². The first-order valence-electron chi connectivity index (χ1n) is 5.00. The maximum Gasteiger partial charge on any atom is 0.417 e. The van der Waals surface area contributed by atoms with Crippen molar-refractivity contribution in [2.24, 2.45) is 11.7 Å². The molecule has 16 heavy (non-hydrogen) atoms. The van der Waals surface area contributed by atoms with Crippen LogP contribution in [0.3, 0.4) is 0 Å². The first-order chi connectivity index (χ1) is 7.43. The van der Waals surface area contributed by atoms with Gasteiger partial charge in [0.25, 0.3) is 0 Å². The van der Waals surface area contributed by atoms with Crippen LogP contribution in [0, 0.1) is 5.92 Å². The molecule has 0 spiro atoms. The fraction of sp³-hybridized carbons (Fsp3) is 0.455. The lowest BCUT2D eigenvalue weighted by atomic mass is 10.1. The molecule has 0 heterocycles. The molecule has 1 aromatic rings. The highest BCUT2D eigenvalue weighted by atomic mass is 35.5. The number of hydrogen-bond donors (Lipinski definition) is 1. The monoisotopic (exact) mass is 249 g/mol. The first-order valence-corrected chi connectivity index (χ1v) is 5.38. The van der Waals surface area contributed by atoms with Gasteiger partial charge in [-0.2, -0.15) is 13.2 Å². The van der Waals surface area contributed by atoms with E-state index in [1.807, 2.05) is 0 Å². The van der Waals surface area contributed by atoms with Crippen molar-refractivity contribution in [1.82, 2.24) is 0 Å². The first kappa shape index (κ1) is 11.7. The highest BCUT2D eigenvalue weighted by Gasteiger charge is 2.39. The van der Waals surface area contributed by atoms with Gasteiger partial charge >= 0.3 is 6.18 Å². The summed E-state index contributed by atoms with van der Waals surface area (Å²) in [6.07, 6.45) is -3.52. The van der Waals surface area contributed by atoms with E-state index in [9.17, 15) is 13.2 Å². The molecule has 1 aromatic carbocycles. The van der Waals surface area contributed by atoms with Crippen molar-refractivity contribution < 1.29 is 13.2 Å². The second-order valence-electron chi connectivity index (χ2n) is 4.08. The molecule has 0 radical (unpaired) electrons. The minimum atomic E-state index is -4.39. The summed E-state index contributed by atoms with van der Waals surface area (Å²) in [4.78, 5) is 0. The molecule has 0 aromatic heterocycles. The molecule has 1 aliphatic carbocycles. The van der Waals surface area contributed by atoms with Crippen LogP contribution in [0.25, 0.3) is 0 Å². The van der Waals surface area contributed by atoms with Gasteiger partial charge in [-0.1, -0.05) is 17.7 Å². The largest absolute Gasteiger partial charge is 0.417 e. The van der Waals surface area contributed by atoms with Crippen LogP contribution in [0.4, 0.5) is 13.2 Å². The third kappa shape index (κ3) is 2.18. The summed E-state index contributed by atoms with van der Waals surface area (Å²) < 4.78 is 37.7. The van der Waals surface area contributed by atoms with Crippen LogP contribution in [-0.4, -0.2) is 6.54 Å². The second kappa shape index (κ2) is 3.93. The molecule has 0 amide bonds. The zero-order valence-corrected chi connectivity index (χ0v) is 9.15. The Kier molecular flexibility index (Phi) is 2.88. The number of halogens is 4. The number of rotatable bonds is 2. The quantitative estimate of drug-likeness (QED) is 0.854. The topological polar surface area (TPSA) is 26.0 Å². The molecule has 0 unspecified atom stereocenters. The molecule has 2 rings (SSSR count). The van der Waals surface area contributed by atoms with Gasteiger partial charge in [0.15, 0.2) is 0 Å². The Balaban J connectivity index is 2.30. The van der Waals surface area contributed by atoms with Crippen molar-refractivity contribution in [2.45, 2.75) is 18.5 Å². The van der Waals surface area contributed by atoms with E-state index in [4.69, 9.17) is 17.3 Å². The summed E-state index contributed by atoms with van der Waals surface area (Å²) in [5.74, 6) is 0.491. The maximum atomic E-state index is 12.6. The minimum absolute atomic E-state index is 0.170. The highest BCUT2D eigenvalue weighted by Crippen LogP contribution is 2.48. The predicted molar refractivity (Wildman–Crippen MR) is 56.4 cm³/mol. The van der Waals surface area contributed by atoms with Crippen molar-refractivity contribution in [1.29, 1.82) is 0 Å². The van der Waals surface area contributed by atoms with Crippen LogP contribution >= 0.6 is 11.6 Å². The van der Waals surface area contributed by atoms with Crippen LogP contribution < -0.4 is 5.73 Å².